The monoisotopic (exact) mass is 447 g/mol. The van der Waals surface area contributed by atoms with E-state index < -0.39 is 17.2 Å². The molecule has 9 nitrogen and oxygen atoms in total. The number of thioether (sulfide) groups is 1. The zero-order chi connectivity index (χ0) is 23.0. The van der Waals surface area contributed by atoms with Crippen molar-refractivity contribution in [3.63, 3.8) is 0 Å². The number of nitrogens with one attached hydrogen (secondary N) is 3. The van der Waals surface area contributed by atoms with Gasteiger partial charge in [0, 0.05) is 37.3 Å². The van der Waals surface area contributed by atoms with Gasteiger partial charge in [0.05, 0.1) is 0 Å². The summed E-state index contributed by atoms with van der Waals surface area (Å²) in [5, 5.41) is 8.08. The fraction of sp³-hybridized carbons (Fsp3) is 0.476. The summed E-state index contributed by atoms with van der Waals surface area (Å²) in [7, 11) is 0. The van der Waals surface area contributed by atoms with Crippen molar-refractivity contribution in [2.24, 2.45) is 4.99 Å². The summed E-state index contributed by atoms with van der Waals surface area (Å²) in [5.41, 5.74) is 0.746. The maximum atomic E-state index is 12.5. The minimum absolute atomic E-state index is 0.0115. The molecule has 0 unspecified atom stereocenters. The van der Waals surface area contributed by atoms with Gasteiger partial charge in [-0.1, -0.05) is 17.8 Å². The number of nitrogens with zero attached hydrogens (tertiary/aromatic N) is 2. The summed E-state index contributed by atoms with van der Waals surface area (Å²) in [5.74, 6) is -1.34. The van der Waals surface area contributed by atoms with Crippen molar-refractivity contribution in [1.82, 2.24) is 15.5 Å². The van der Waals surface area contributed by atoms with Crippen LogP contribution in [-0.2, 0) is 14.4 Å². The summed E-state index contributed by atoms with van der Waals surface area (Å²) in [6.45, 7) is 9.31. The number of anilines is 1. The van der Waals surface area contributed by atoms with Gasteiger partial charge in [0.25, 0.3) is 11.8 Å². The van der Waals surface area contributed by atoms with Gasteiger partial charge in [0.2, 0.25) is 11.8 Å². The molecule has 4 amide bonds. The highest BCUT2D eigenvalue weighted by Gasteiger charge is 2.32. The number of amides is 4. The van der Waals surface area contributed by atoms with E-state index in [1.807, 2.05) is 18.7 Å². The molecule has 2 atom stereocenters. The molecule has 0 aliphatic carbocycles. The Hall–Kier alpha value is -2.88. The number of amidine groups is 1. The molecule has 0 radical (unpaired) electrons. The first-order chi connectivity index (χ1) is 14.8. The van der Waals surface area contributed by atoms with Crippen LogP contribution in [0.5, 0.6) is 0 Å². The van der Waals surface area contributed by atoms with Gasteiger partial charge in [-0.3, -0.25) is 19.2 Å². The number of hydrogen-bond donors (Lipinski definition) is 3. The molecule has 0 spiro atoms. The number of rotatable bonds is 9. The Labute approximate surface area is 186 Å². The Kier molecular flexibility index (Phi) is 9.04. The van der Waals surface area contributed by atoms with Crippen molar-refractivity contribution in [2.45, 2.75) is 45.4 Å². The van der Waals surface area contributed by atoms with E-state index >= 15 is 0 Å². The Bertz CT molecular complexity index is 869. The minimum atomic E-state index is -0.684. The summed E-state index contributed by atoms with van der Waals surface area (Å²) in [4.78, 5) is 54.9. The van der Waals surface area contributed by atoms with E-state index in [1.54, 1.807) is 32.0 Å². The van der Waals surface area contributed by atoms with Crippen LogP contribution in [0.25, 0.3) is 0 Å². The second kappa shape index (κ2) is 11.5. The topological polar surface area (TPSA) is 120 Å². The molecule has 0 fully saturated rings. The van der Waals surface area contributed by atoms with Crippen LogP contribution >= 0.6 is 11.8 Å². The normalized spacial score (nSPS) is 16.3. The van der Waals surface area contributed by atoms with E-state index in [-0.39, 0.29) is 24.1 Å². The van der Waals surface area contributed by atoms with Crippen LogP contribution < -0.4 is 16.0 Å². The molecule has 3 N–H and O–H groups in total. The number of carbonyl (C=O) groups excluding carboxylic acids is 4. The highest BCUT2D eigenvalue weighted by atomic mass is 32.2. The average Bonchev–Trinajstić information content (AvgIpc) is 3.09. The van der Waals surface area contributed by atoms with Gasteiger partial charge in [0.15, 0.2) is 5.17 Å². The summed E-state index contributed by atoms with van der Waals surface area (Å²) in [6, 6.07) is 5.73. The maximum absolute atomic E-state index is 12.5. The lowest BCUT2D eigenvalue weighted by molar-refractivity contribution is -0.122. The van der Waals surface area contributed by atoms with E-state index in [0.717, 1.165) is 13.1 Å². The Balaban J connectivity index is 1.94. The Morgan fingerprint density at radius 2 is 1.90 bits per heavy atom. The summed E-state index contributed by atoms with van der Waals surface area (Å²) >= 11 is 1.30. The molecule has 0 saturated heterocycles. The van der Waals surface area contributed by atoms with Gasteiger partial charge >= 0.3 is 0 Å². The molecular formula is C21H29N5O4S. The zero-order valence-corrected chi connectivity index (χ0v) is 19.0. The number of likely N-dealkylation sites (N-methyl/N-ethyl adjacent to an activating group) is 1. The fourth-order valence-electron chi connectivity index (χ4n) is 2.93. The second-order valence-electron chi connectivity index (χ2n) is 6.93. The first-order valence-corrected chi connectivity index (χ1v) is 11.2. The molecule has 1 aromatic carbocycles. The lowest BCUT2D eigenvalue weighted by atomic mass is 10.1. The lowest BCUT2D eigenvalue weighted by Crippen LogP contribution is -2.44. The first kappa shape index (κ1) is 24.4. The predicted molar refractivity (Wildman–Crippen MR) is 122 cm³/mol. The third kappa shape index (κ3) is 6.81. The summed E-state index contributed by atoms with van der Waals surface area (Å²) in [6.07, 6.45) is -0.0115. The van der Waals surface area contributed by atoms with Crippen molar-refractivity contribution < 1.29 is 19.2 Å². The molecule has 1 aromatic rings. The molecule has 31 heavy (non-hydrogen) atoms. The zero-order valence-electron chi connectivity index (χ0n) is 18.2. The van der Waals surface area contributed by atoms with Crippen LogP contribution in [-0.4, -0.2) is 64.6 Å². The molecule has 2 rings (SSSR count). The number of carbonyl (C=O) groups is 4. The number of benzene rings is 1. The second-order valence-corrected chi connectivity index (χ2v) is 8.10. The van der Waals surface area contributed by atoms with E-state index in [9.17, 15) is 19.2 Å². The maximum Gasteiger partial charge on any atom is 0.262 e. The quantitative estimate of drug-likeness (QED) is 0.529. The predicted octanol–water partition coefficient (Wildman–Crippen LogP) is 1.61. The highest BCUT2D eigenvalue weighted by Crippen LogP contribution is 2.27. The van der Waals surface area contributed by atoms with Gasteiger partial charge in [0.1, 0.15) is 11.3 Å². The summed E-state index contributed by atoms with van der Waals surface area (Å²) < 4.78 is 0. The SMILES string of the molecule is CCNC(=O)[C@H](C)NC(=O)c1cccc(NC(=O)C[C@@H]2SC(N(CC)CC)=NC2=O)c1. The molecule has 0 aromatic heterocycles. The molecule has 0 bridgehead atoms. The molecule has 1 aliphatic heterocycles. The Morgan fingerprint density at radius 1 is 1.19 bits per heavy atom. The van der Waals surface area contributed by atoms with Crippen molar-refractivity contribution in [3.8, 4) is 0 Å². The van der Waals surface area contributed by atoms with Crippen LogP contribution in [0.4, 0.5) is 5.69 Å². The minimum Gasteiger partial charge on any atom is -0.355 e. The number of aliphatic imine (C=N–C) groups is 1. The van der Waals surface area contributed by atoms with Crippen LogP contribution in [0.15, 0.2) is 29.3 Å². The van der Waals surface area contributed by atoms with Gasteiger partial charge < -0.3 is 20.9 Å². The third-order valence-electron chi connectivity index (χ3n) is 4.63. The van der Waals surface area contributed by atoms with Gasteiger partial charge in [-0.25, -0.2) is 0 Å². The smallest absolute Gasteiger partial charge is 0.262 e. The number of hydrogen-bond acceptors (Lipinski definition) is 6. The van der Waals surface area contributed by atoms with E-state index in [0.29, 0.717) is 23.0 Å². The van der Waals surface area contributed by atoms with Gasteiger partial charge in [-0.05, 0) is 45.9 Å². The van der Waals surface area contributed by atoms with E-state index in [4.69, 9.17) is 0 Å². The molecule has 10 heteroatoms. The average molecular weight is 448 g/mol. The molecular weight excluding hydrogens is 418 g/mol. The Morgan fingerprint density at radius 3 is 2.55 bits per heavy atom. The van der Waals surface area contributed by atoms with Crippen LogP contribution in [0.2, 0.25) is 0 Å². The van der Waals surface area contributed by atoms with Crippen LogP contribution in [0.1, 0.15) is 44.5 Å². The standard InChI is InChI=1S/C21H29N5O4S/c1-5-22-18(28)13(4)23-19(29)14-9-8-10-15(11-14)24-17(27)12-16-20(30)25-21(31-16)26(6-2)7-3/h8-11,13,16H,5-7,12H2,1-4H3,(H,22,28)(H,23,29)(H,24,27)/t13-,16-/m0/s1. The van der Waals surface area contributed by atoms with Crippen molar-refractivity contribution in [1.29, 1.82) is 0 Å². The molecule has 0 saturated carbocycles. The van der Waals surface area contributed by atoms with Gasteiger partial charge in [-0.2, -0.15) is 4.99 Å². The van der Waals surface area contributed by atoms with Crippen molar-refractivity contribution >= 4 is 46.2 Å². The first-order valence-electron chi connectivity index (χ1n) is 10.3. The van der Waals surface area contributed by atoms with E-state index in [2.05, 4.69) is 20.9 Å². The molecule has 1 heterocycles. The van der Waals surface area contributed by atoms with Crippen molar-refractivity contribution in [2.75, 3.05) is 25.0 Å². The van der Waals surface area contributed by atoms with E-state index in [1.165, 1.54) is 17.8 Å². The van der Waals surface area contributed by atoms with Crippen LogP contribution in [0.3, 0.4) is 0 Å². The largest absolute Gasteiger partial charge is 0.355 e. The molecule has 168 valence electrons. The van der Waals surface area contributed by atoms with Gasteiger partial charge in [-0.15, -0.1) is 0 Å². The lowest BCUT2D eigenvalue weighted by Gasteiger charge is -2.19. The third-order valence-corrected chi connectivity index (χ3v) is 5.85. The van der Waals surface area contributed by atoms with Crippen molar-refractivity contribution in [3.05, 3.63) is 29.8 Å². The molecule has 1 aliphatic rings. The highest BCUT2D eigenvalue weighted by molar-refractivity contribution is 8.15. The fourth-order valence-corrected chi connectivity index (χ4v) is 4.12. The van der Waals surface area contributed by atoms with Crippen LogP contribution in [0, 0.1) is 0 Å².